The summed E-state index contributed by atoms with van der Waals surface area (Å²) in [5, 5.41) is 0. The molecular formula is C7H4F4INO. The van der Waals surface area contributed by atoms with E-state index >= 15 is 0 Å². The predicted octanol–water partition coefficient (Wildman–Crippen LogP) is 2.91. The number of anilines is 1. The molecule has 1 aromatic rings. The molecule has 0 aliphatic heterocycles. The quantitative estimate of drug-likeness (QED) is 0.490. The third-order valence-electron chi connectivity index (χ3n) is 1.26. The molecule has 0 aromatic heterocycles. The van der Waals surface area contributed by atoms with E-state index in [4.69, 9.17) is 5.73 Å². The summed E-state index contributed by atoms with van der Waals surface area (Å²) in [5.74, 6) is -2.12. The summed E-state index contributed by atoms with van der Waals surface area (Å²) in [5.41, 5.74) is 4.73. The number of hydrogen-bond acceptors (Lipinski definition) is 2. The molecule has 1 rings (SSSR count). The first-order chi connectivity index (χ1) is 6.29. The Morgan fingerprint density at radius 2 is 1.86 bits per heavy atom. The number of alkyl halides is 3. The molecule has 0 amide bonds. The summed E-state index contributed by atoms with van der Waals surface area (Å²) in [6, 6.07) is 2.12. The van der Waals surface area contributed by atoms with Crippen molar-refractivity contribution in [2.24, 2.45) is 0 Å². The first-order valence-corrected chi connectivity index (χ1v) is 4.38. The predicted molar refractivity (Wildman–Crippen MR) is 50.2 cm³/mol. The van der Waals surface area contributed by atoms with Crippen molar-refractivity contribution in [2.75, 3.05) is 5.73 Å². The van der Waals surface area contributed by atoms with Crippen molar-refractivity contribution in [2.45, 2.75) is 6.36 Å². The number of nitrogen functional groups attached to an aromatic ring is 1. The highest BCUT2D eigenvalue weighted by Crippen LogP contribution is 2.30. The molecule has 0 saturated carbocycles. The first-order valence-electron chi connectivity index (χ1n) is 3.30. The van der Waals surface area contributed by atoms with Crippen LogP contribution in [-0.4, -0.2) is 6.36 Å². The van der Waals surface area contributed by atoms with Gasteiger partial charge in [-0.15, -0.1) is 13.2 Å². The molecule has 2 nitrogen and oxygen atoms in total. The van der Waals surface area contributed by atoms with Gasteiger partial charge in [-0.3, -0.25) is 0 Å². The summed E-state index contributed by atoms with van der Waals surface area (Å²) in [6.45, 7) is 0. The minimum atomic E-state index is -4.92. The Kier molecular flexibility index (Phi) is 3.07. The molecule has 1 aromatic carbocycles. The second-order valence-corrected chi connectivity index (χ2v) is 3.60. The fourth-order valence-electron chi connectivity index (χ4n) is 0.783. The Bertz CT molecular complexity index is 352. The zero-order valence-corrected chi connectivity index (χ0v) is 8.69. The third-order valence-corrected chi connectivity index (χ3v) is 1.88. The molecule has 0 saturated heterocycles. The highest BCUT2D eigenvalue weighted by molar-refractivity contribution is 14.1. The summed E-state index contributed by atoms with van der Waals surface area (Å²) in [4.78, 5) is 0. The van der Waals surface area contributed by atoms with Gasteiger partial charge in [0.1, 0.15) is 0 Å². The molecule has 7 heteroatoms. The molecule has 0 aliphatic carbocycles. The Hall–Kier alpha value is -0.730. The van der Waals surface area contributed by atoms with Crippen molar-refractivity contribution in [1.29, 1.82) is 0 Å². The van der Waals surface area contributed by atoms with Gasteiger partial charge in [0, 0.05) is 3.57 Å². The van der Waals surface area contributed by atoms with Crippen molar-refractivity contribution in [1.82, 2.24) is 0 Å². The van der Waals surface area contributed by atoms with E-state index in [0.29, 0.717) is 3.57 Å². The van der Waals surface area contributed by atoms with E-state index in [1.165, 1.54) is 6.07 Å². The molecule has 0 spiro atoms. The molecule has 0 radical (unpaired) electrons. The molecule has 0 unspecified atom stereocenters. The van der Waals surface area contributed by atoms with Crippen LogP contribution in [0.1, 0.15) is 0 Å². The van der Waals surface area contributed by atoms with Gasteiger partial charge in [-0.1, -0.05) is 0 Å². The van der Waals surface area contributed by atoms with Gasteiger partial charge in [0.05, 0.1) is 5.69 Å². The molecule has 0 bridgehead atoms. The molecular weight excluding hydrogens is 317 g/mol. The Balaban J connectivity index is 3.09. The maximum absolute atomic E-state index is 13.0. The maximum Gasteiger partial charge on any atom is 0.573 e. The zero-order valence-electron chi connectivity index (χ0n) is 6.53. The van der Waals surface area contributed by atoms with Crippen LogP contribution in [0.4, 0.5) is 23.2 Å². The lowest BCUT2D eigenvalue weighted by Gasteiger charge is -2.10. The Labute approximate surface area is 90.2 Å². The van der Waals surface area contributed by atoms with E-state index in [1.807, 2.05) is 0 Å². The topological polar surface area (TPSA) is 35.2 Å². The summed E-state index contributed by atoms with van der Waals surface area (Å²) >= 11 is 1.71. The lowest BCUT2D eigenvalue weighted by Crippen LogP contribution is -2.18. The first kappa shape index (κ1) is 11.3. The highest BCUT2D eigenvalue weighted by Gasteiger charge is 2.32. The molecule has 0 fully saturated rings. The van der Waals surface area contributed by atoms with Crippen molar-refractivity contribution < 1.29 is 22.3 Å². The fraction of sp³-hybridized carbons (Fsp3) is 0.143. The molecule has 0 aliphatic rings. The zero-order chi connectivity index (χ0) is 10.9. The number of rotatable bonds is 1. The lowest BCUT2D eigenvalue weighted by atomic mass is 10.3. The average molecular weight is 321 g/mol. The molecule has 14 heavy (non-hydrogen) atoms. The van der Waals surface area contributed by atoms with E-state index in [1.54, 1.807) is 22.6 Å². The van der Waals surface area contributed by atoms with Gasteiger partial charge >= 0.3 is 6.36 Å². The fourth-order valence-corrected chi connectivity index (χ4v) is 1.40. The average Bonchev–Trinajstić information content (AvgIpc) is 1.96. The van der Waals surface area contributed by atoms with Crippen LogP contribution in [0.3, 0.4) is 0 Å². The van der Waals surface area contributed by atoms with Crippen LogP contribution in [0.15, 0.2) is 12.1 Å². The monoisotopic (exact) mass is 321 g/mol. The van der Waals surface area contributed by atoms with Gasteiger partial charge in [-0.25, -0.2) is 4.39 Å². The number of hydrogen-bond donors (Lipinski definition) is 1. The van der Waals surface area contributed by atoms with Crippen LogP contribution < -0.4 is 10.5 Å². The van der Waals surface area contributed by atoms with E-state index in [-0.39, 0.29) is 5.69 Å². The van der Waals surface area contributed by atoms with Gasteiger partial charge in [-0.2, -0.15) is 0 Å². The van der Waals surface area contributed by atoms with Crippen LogP contribution >= 0.6 is 22.6 Å². The van der Waals surface area contributed by atoms with Crippen LogP contribution in [0, 0.1) is 9.39 Å². The minimum Gasteiger partial charge on any atom is -0.403 e. The molecule has 0 atom stereocenters. The number of benzene rings is 1. The lowest BCUT2D eigenvalue weighted by molar-refractivity contribution is -0.275. The van der Waals surface area contributed by atoms with Crippen molar-refractivity contribution in [3.8, 4) is 5.75 Å². The number of ether oxygens (including phenoxy) is 1. The largest absolute Gasteiger partial charge is 0.573 e. The van der Waals surface area contributed by atoms with Gasteiger partial charge in [0.25, 0.3) is 0 Å². The van der Waals surface area contributed by atoms with E-state index in [2.05, 4.69) is 4.74 Å². The molecule has 2 N–H and O–H groups in total. The van der Waals surface area contributed by atoms with Crippen LogP contribution in [0.2, 0.25) is 0 Å². The number of halogens is 5. The van der Waals surface area contributed by atoms with Gasteiger partial charge in [0.15, 0.2) is 11.6 Å². The second-order valence-electron chi connectivity index (χ2n) is 2.35. The minimum absolute atomic E-state index is 0.362. The maximum atomic E-state index is 13.0. The standard InChI is InChI=1S/C7H4F4INO/c8-6-4(13)1-3(12)2-5(6)14-7(9,10)11/h1-2H,13H2. The third kappa shape index (κ3) is 2.89. The van der Waals surface area contributed by atoms with Gasteiger partial charge < -0.3 is 10.5 Å². The summed E-state index contributed by atoms with van der Waals surface area (Å²) < 4.78 is 52.0. The van der Waals surface area contributed by atoms with Crippen LogP contribution in [-0.2, 0) is 0 Å². The van der Waals surface area contributed by atoms with E-state index in [0.717, 1.165) is 6.07 Å². The van der Waals surface area contributed by atoms with Crippen LogP contribution in [0.5, 0.6) is 5.75 Å². The highest BCUT2D eigenvalue weighted by atomic mass is 127. The smallest absolute Gasteiger partial charge is 0.403 e. The summed E-state index contributed by atoms with van der Waals surface area (Å²) in [7, 11) is 0. The van der Waals surface area contributed by atoms with Crippen molar-refractivity contribution in [3.63, 3.8) is 0 Å². The molecule has 0 heterocycles. The number of nitrogens with two attached hydrogens (primary N) is 1. The van der Waals surface area contributed by atoms with Gasteiger partial charge in [-0.05, 0) is 34.7 Å². The van der Waals surface area contributed by atoms with Crippen LogP contribution in [0.25, 0.3) is 0 Å². The SMILES string of the molecule is Nc1cc(I)cc(OC(F)(F)F)c1F. The van der Waals surface area contributed by atoms with Gasteiger partial charge in [0.2, 0.25) is 0 Å². The summed E-state index contributed by atoms with van der Waals surface area (Å²) in [6.07, 6.45) is -4.92. The van der Waals surface area contributed by atoms with E-state index < -0.39 is 17.9 Å². The van der Waals surface area contributed by atoms with E-state index in [9.17, 15) is 17.6 Å². The normalized spacial score (nSPS) is 11.5. The molecule has 78 valence electrons. The van der Waals surface area contributed by atoms with Crippen molar-refractivity contribution >= 4 is 28.3 Å². The van der Waals surface area contributed by atoms with Crippen molar-refractivity contribution in [3.05, 3.63) is 21.5 Å². The Morgan fingerprint density at radius 1 is 1.29 bits per heavy atom. The Morgan fingerprint density at radius 3 is 2.36 bits per heavy atom. The second kappa shape index (κ2) is 3.79.